The lowest BCUT2D eigenvalue weighted by Gasteiger charge is -2.63. The number of rotatable bonds is 6. The van der Waals surface area contributed by atoms with Crippen LogP contribution in [-0.2, 0) is 13.9 Å². The van der Waals surface area contributed by atoms with Crippen molar-refractivity contribution in [2.75, 3.05) is 13.2 Å². The Balaban J connectivity index is 1.42. The van der Waals surface area contributed by atoms with Gasteiger partial charge >= 0.3 is 0 Å². The lowest BCUT2D eigenvalue weighted by atomic mass is 9.44. The van der Waals surface area contributed by atoms with Crippen LogP contribution in [0.15, 0.2) is 11.6 Å². The number of allylic oxidation sites excluding steroid dienone is 1. The summed E-state index contributed by atoms with van der Waals surface area (Å²) in [6.07, 6.45) is 8.55. The molecule has 1 aliphatic heterocycles. The van der Waals surface area contributed by atoms with Gasteiger partial charge in [-0.05, 0) is 85.7 Å². The number of fused-ring (bicyclic) bond motifs is 5. The molecule has 5 rings (SSSR count). The molecule has 0 bridgehead atoms. The van der Waals surface area contributed by atoms with Crippen LogP contribution in [0.2, 0.25) is 16.6 Å². The van der Waals surface area contributed by atoms with Crippen molar-refractivity contribution in [1.29, 1.82) is 0 Å². The van der Waals surface area contributed by atoms with Crippen LogP contribution in [0.25, 0.3) is 0 Å². The Labute approximate surface area is 233 Å². The first-order valence-electron chi connectivity index (χ1n) is 15.7. The zero-order valence-electron chi connectivity index (χ0n) is 25.7. The van der Waals surface area contributed by atoms with Crippen molar-refractivity contribution >= 4 is 8.32 Å². The van der Waals surface area contributed by atoms with E-state index in [1.165, 1.54) is 5.57 Å². The minimum absolute atomic E-state index is 0.0121. The minimum atomic E-state index is -1.94. The van der Waals surface area contributed by atoms with E-state index in [0.717, 1.165) is 38.5 Å². The fourth-order valence-corrected chi connectivity index (χ4v) is 16.5. The van der Waals surface area contributed by atoms with Crippen molar-refractivity contribution in [2.45, 2.75) is 147 Å². The van der Waals surface area contributed by atoms with E-state index in [9.17, 15) is 10.2 Å². The molecule has 5 aliphatic rings. The second kappa shape index (κ2) is 9.66. The van der Waals surface area contributed by atoms with Crippen molar-refractivity contribution in [3.05, 3.63) is 11.6 Å². The summed E-state index contributed by atoms with van der Waals surface area (Å²) in [7, 11) is -1.94. The maximum atomic E-state index is 12.6. The third kappa shape index (κ3) is 3.86. The molecule has 6 heteroatoms. The van der Waals surface area contributed by atoms with Crippen molar-refractivity contribution < 1.29 is 24.1 Å². The number of hydrogen-bond donors (Lipinski definition) is 2. The molecule has 218 valence electrons. The molecule has 1 saturated heterocycles. The predicted octanol–water partition coefficient (Wildman–Crippen LogP) is 6.97. The van der Waals surface area contributed by atoms with Gasteiger partial charge in [0.25, 0.3) is 0 Å². The van der Waals surface area contributed by atoms with Crippen molar-refractivity contribution in [3.63, 3.8) is 0 Å². The predicted molar refractivity (Wildman–Crippen MR) is 154 cm³/mol. The van der Waals surface area contributed by atoms with Gasteiger partial charge in [-0.25, -0.2) is 0 Å². The minimum Gasteiger partial charge on any atom is -0.413 e. The largest absolute Gasteiger partial charge is 0.413 e. The molecule has 1 heterocycles. The van der Waals surface area contributed by atoms with Crippen LogP contribution >= 0.6 is 0 Å². The molecule has 0 aromatic carbocycles. The summed E-state index contributed by atoms with van der Waals surface area (Å²) in [4.78, 5) is 0. The zero-order chi connectivity index (χ0) is 27.9. The van der Waals surface area contributed by atoms with Crippen LogP contribution in [0.4, 0.5) is 0 Å². The summed E-state index contributed by atoms with van der Waals surface area (Å²) in [5.41, 5.74) is 1.76. The van der Waals surface area contributed by atoms with Gasteiger partial charge in [-0.15, -0.1) is 0 Å². The van der Waals surface area contributed by atoms with Crippen LogP contribution in [0.5, 0.6) is 0 Å². The Hall–Kier alpha value is -0.243. The first kappa shape index (κ1) is 29.3. The number of aliphatic hydroxyl groups excluding tert-OH is 1. The maximum absolute atomic E-state index is 12.6. The molecule has 3 saturated carbocycles. The summed E-state index contributed by atoms with van der Waals surface area (Å²) in [6.45, 7) is 22.0. The molecular formula is C32H56O5Si. The van der Waals surface area contributed by atoms with E-state index >= 15 is 0 Å². The van der Waals surface area contributed by atoms with E-state index in [-0.39, 0.29) is 23.2 Å². The number of aliphatic hydroxyl groups is 2. The first-order chi connectivity index (χ1) is 17.7. The van der Waals surface area contributed by atoms with Gasteiger partial charge in [-0.2, -0.15) is 0 Å². The molecule has 0 aromatic rings. The van der Waals surface area contributed by atoms with Crippen LogP contribution in [-0.4, -0.2) is 55.3 Å². The van der Waals surface area contributed by atoms with Crippen molar-refractivity contribution in [3.8, 4) is 0 Å². The Kier molecular flexibility index (Phi) is 7.44. The third-order valence-corrected chi connectivity index (χ3v) is 19.1. The lowest BCUT2D eigenvalue weighted by Crippen LogP contribution is -2.67. The van der Waals surface area contributed by atoms with E-state index in [1.807, 2.05) is 6.92 Å². The summed E-state index contributed by atoms with van der Waals surface area (Å²) in [6, 6.07) is 0. The number of ether oxygens (including phenoxy) is 2. The van der Waals surface area contributed by atoms with E-state index in [2.05, 4.69) is 61.5 Å². The van der Waals surface area contributed by atoms with Gasteiger partial charge in [0.05, 0.1) is 24.9 Å². The fraction of sp³-hybridized carbons (Fsp3) is 0.938. The molecule has 0 radical (unpaired) electrons. The average Bonchev–Trinajstić information content (AvgIpc) is 3.40. The Bertz CT molecular complexity index is 903. The molecular weight excluding hydrogens is 492 g/mol. The molecule has 8 atom stereocenters. The normalized spacial score (nSPS) is 44.8. The third-order valence-electron chi connectivity index (χ3n) is 12.9. The number of hydrogen-bond acceptors (Lipinski definition) is 5. The summed E-state index contributed by atoms with van der Waals surface area (Å²) in [5.74, 6) is -0.285. The Morgan fingerprint density at radius 3 is 2.11 bits per heavy atom. The fourth-order valence-electron chi connectivity index (χ4n) is 10.9. The smallest absolute Gasteiger partial charge is 0.200 e. The van der Waals surface area contributed by atoms with Gasteiger partial charge in [-0.3, -0.25) is 0 Å². The van der Waals surface area contributed by atoms with Crippen LogP contribution in [0.1, 0.15) is 107 Å². The monoisotopic (exact) mass is 548 g/mol. The highest BCUT2D eigenvalue weighted by Crippen LogP contribution is 2.69. The van der Waals surface area contributed by atoms with Crippen molar-refractivity contribution in [1.82, 2.24) is 0 Å². The summed E-state index contributed by atoms with van der Waals surface area (Å²) >= 11 is 0. The molecule has 2 N–H and O–H groups in total. The molecule has 0 amide bonds. The van der Waals surface area contributed by atoms with E-state index in [4.69, 9.17) is 13.9 Å². The van der Waals surface area contributed by atoms with Gasteiger partial charge in [0.1, 0.15) is 0 Å². The van der Waals surface area contributed by atoms with Crippen molar-refractivity contribution in [2.24, 2.45) is 28.6 Å². The summed E-state index contributed by atoms with van der Waals surface area (Å²) < 4.78 is 19.5. The van der Waals surface area contributed by atoms with Gasteiger partial charge in [-0.1, -0.05) is 67.0 Å². The second-order valence-electron chi connectivity index (χ2n) is 15.2. The summed E-state index contributed by atoms with van der Waals surface area (Å²) in [5, 5.41) is 24.4. The highest BCUT2D eigenvalue weighted by atomic mass is 28.4. The van der Waals surface area contributed by atoms with E-state index in [0.29, 0.717) is 42.4 Å². The highest BCUT2D eigenvalue weighted by Gasteiger charge is 2.72. The quantitative estimate of drug-likeness (QED) is 0.277. The van der Waals surface area contributed by atoms with E-state index < -0.39 is 31.2 Å². The van der Waals surface area contributed by atoms with E-state index in [1.54, 1.807) is 0 Å². The van der Waals surface area contributed by atoms with Gasteiger partial charge in [0, 0.05) is 17.4 Å². The molecule has 0 spiro atoms. The molecule has 5 nitrogen and oxygen atoms in total. The van der Waals surface area contributed by atoms with Crippen LogP contribution in [0, 0.1) is 28.6 Å². The highest BCUT2D eigenvalue weighted by molar-refractivity contribution is 6.77. The average molecular weight is 549 g/mol. The SMILES string of the molecule is CC(C)[Si](O[C@H]1CC[C@@]2(C)C(=CC[C@@H]3[C@@H]2C[C@@H](O)[C@]2(C)[C@@H](C4(C)OCCO4)CC[C@]32O)C1)(C(C)C)C(C)C. The first-order valence-corrected chi connectivity index (χ1v) is 17.9. The van der Waals surface area contributed by atoms with Gasteiger partial charge in [0.2, 0.25) is 8.32 Å². The lowest BCUT2D eigenvalue weighted by molar-refractivity contribution is -0.273. The topological polar surface area (TPSA) is 68.2 Å². The molecule has 38 heavy (non-hydrogen) atoms. The molecule has 0 unspecified atom stereocenters. The molecule has 4 aliphatic carbocycles. The van der Waals surface area contributed by atoms with Gasteiger partial charge < -0.3 is 24.1 Å². The second-order valence-corrected chi connectivity index (χ2v) is 20.6. The Morgan fingerprint density at radius 2 is 1.53 bits per heavy atom. The zero-order valence-corrected chi connectivity index (χ0v) is 26.7. The van der Waals surface area contributed by atoms with Crippen LogP contribution < -0.4 is 0 Å². The van der Waals surface area contributed by atoms with Crippen LogP contribution in [0.3, 0.4) is 0 Å². The molecule has 0 aromatic heterocycles. The van der Waals surface area contributed by atoms with Gasteiger partial charge in [0.15, 0.2) is 5.79 Å². The maximum Gasteiger partial charge on any atom is 0.200 e. The molecule has 4 fully saturated rings. The standard InChI is InChI=1S/C32H56O5Si/c1-20(2)38(21(3)4,22(5)6)37-24-12-14-29(7)23(18-24)10-11-25-26(29)19-28(33)30(8)27(13-15-32(25,30)34)31(9)35-16-17-36-31/h10,20-22,24-28,33-34H,11-19H2,1-9H3/t24-,25+,26-,27-,28+,29-,30-,32-/m0/s1. The Morgan fingerprint density at radius 1 is 0.921 bits per heavy atom.